The van der Waals surface area contributed by atoms with Gasteiger partial charge < -0.3 is 25.8 Å². The molecule has 9 nitrogen and oxygen atoms in total. The Morgan fingerprint density at radius 2 is 1.55 bits per heavy atom. The molecule has 10 heteroatoms. The Kier molecular flexibility index (Phi) is 11.1. The molecule has 0 radical (unpaired) electrons. The zero-order chi connectivity index (χ0) is 27.9. The van der Waals surface area contributed by atoms with E-state index in [9.17, 15) is 19.2 Å². The van der Waals surface area contributed by atoms with Crippen LogP contribution in [0, 0.1) is 5.92 Å². The van der Waals surface area contributed by atoms with Crippen LogP contribution in [0.15, 0.2) is 60.7 Å². The minimum absolute atomic E-state index is 0. The van der Waals surface area contributed by atoms with Gasteiger partial charge in [0.1, 0.15) is 12.1 Å². The zero-order valence-corrected chi connectivity index (χ0v) is 24.2. The number of benzene rings is 2. The van der Waals surface area contributed by atoms with Crippen molar-refractivity contribution in [2.24, 2.45) is 5.92 Å². The van der Waals surface area contributed by atoms with Gasteiger partial charge in [0.2, 0.25) is 23.6 Å². The van der Waals surface area contributed by atoms with Crippen molar-refractivity contribution in [1.29, 1.82) is 0 Å². The predicted molar refractivity (Wildman–Crippen MR) is 156 cm³/mol. The second-order valence-electron chi connectivity index (χ2n) is 10.5. The van der Waals surface area contributed by atoms with Crippen LogP contribution in [-0.4, -0.2) is 78.2 Å². The Hall–Kier alpha value is -3.43. The van der Waals surface area contributed by atoms with Crippen LogP contribution < -0.4 is 16.0 Å². The molecule has 2 aromatic rings. The van der Waals surface area contributed by atoms with Gasteiger partial charge in [0.05, 0.1) is 6.04 Å². The number of carbonyl (C=O) groups is 4. The molecule has 40 heavy (non-hydrogen) atoms. The molecule has 2 saturated heterocycles. The summed E-state index contributed by atoms with van der Waals surface area (Å²) in [5.74, 6) is -1.30. The first-order valence-electron chi connectivity index (χ1n) is 13.7. The molecule has 0 saturated carbocycles. The number of fused-ring (bicyclic) bond motifs is 1. The Morgan fingerprint density at radius 1 is 0.950 bits per heavy atom. The molecule has 0 aromatic heterocycles. The molecular weight excluding hydrogens is 530 g/mol. The van der Waals surface area contributed by atoms with E-state index in [0.717, 1.165) is 11.1 Å². The van der Waals surface area contributed by atoms with E-state index in [1.807, 2.05) is 60.7 Å². The number of hydrogen-bond acceptors (Lipinski definition) is 5. The largest absolute Gasteiger partial charge is 0.343 e. The van der Waals surface area contributed by atoms with Gasteiger partial charge in [0, 0.05) is 38.5 Å². The molecule has 216 valence electrons. The second kappa shape index (κ2) is 14.3. The fourth-order valence-corrected chi connectivity index (χ4v) is 5.63. The van der Waals surface area contributed by atoms with Gasteiger partial charge in [-0.1, -0.05) is 67.6 Å². The highest BCUT2D eigenvalue weighted by Crippen LogP contribution is 2.31. The van der Waals surface area contributed by atoms with Crippen LogP contribution in [0.5, 0.6) is 0 Å². The first-order valence-corrected chi connectivity index (χ1v) is 13.7. The molecule has 2 heterocycles. The van der Waals surface area contributed by atoms with Crippen molar-refractivity contribution in [3.05, 3.63) is 71.8 Å². The van der Waals surface area contributed by atoms with Gasteiger partial charge in [0.15, 0.2) is 0 Å². The Labute approximate surface area is 242 Å². The molecule has 4 amide bonds. The molecule has 0 spiro atoms. The fraction of sp³-hybridized carbons (Fsp3) is 0.467. The molecule has 2 aliphatic rings. The van der Waals surface area contributed by atoms with E-state index in [4.69, 9.17) is 0 Å². The number of carbonyl (C=O) groups excluding carboxylic acids is 4. The molecule has 2 aliphatic heterocycles. The number of hydrogen-bond donors (Lipinski definition) is 3. The van der Waals surface area contributed by atoms with Crippen molar-refractivity contribution in [2.75, 3.05) is 26.7 Å². The topological polar surface area (TPSA) is 111 Å². The molecule has 2 aromatic carbocycles. The third kappa shape index (κ3) is 7.20. The van der Waals surface area contributed by atoms with E-state index >= 15 is 0 Å². The summed E-state index contributed by atoms with van der Waals surface area (Å²) in [5, 5.41) is 9.06. The number of nitrogens with zero attached hydrogens (tertiary/aromatic N) is 2. The van der Waals surface area contributed by atoms with Crippen LogP contribution in [0.3, 0.4) is 0 Å². The lowest BCUT2D eigenvalue weighted by Gasteiger charge is -2.39. The summed E-state index contributed by atoms with van der Waals surface area (Å²) in [5.41, 5.74) is 1.90. The smallest absolute Gasteiger partial charge is 0.247 e. The van der Waals surface area contributed by atoms with Crippen LogP contribution >= 0.6 is 12.4 Å². The van der Waals surface area contributed by atoms with Gasteiger partial charge in [-0.3, -0.25) is 19.2 Å². The van der Waals surface area contributed by atoms with Gasteiger partial charge in [-0.25, -0.2) is 0 Å². The molecule has 0 aliphatic carbocycles. The lowest BCUT2D eigenvalue weighted by atomic mass is 9.98. The van der Waals surface area contributed by atoms with Gasteiger partial charge >= 0.3 is 0 Å². The highest BCUT2D eigenvalue weighted by atomic mass is 35.5. The highest BCUT2D eigenvalue weighted by Gasteiger charge is 2.45. The second-order valence-corrected chi connectivity index (χ2v) is 10.5. The van der Waals surface area contributed by atoms with E-state index in [1.54, 1.807) is 23.8 Å². The van der Waals surface area contributed by atoms with E-state index in [0.29, 0.717) is 32.4 Å². The molecule has 0 unspecified atom stereocenters. The Bertz CT molecular complexity index is 1130. The number of rotatable bonds is 8. The number of halogens is 1. The summed E-state index contributed by atoms with van der Waals surface area (Å²) < 4.78 is 0. The van der Waals surface area contributed by atoms with Crippen LogP contribution in [0.25, 0.3) is 0 Å². The van der Waals surface area contributed by atoms with Crippen LogP contribution in [0.1, 0.15) is 50.3 Å². The number of nitrogens with one attached hydrogen (secondary N) is 3. The van der Waals surface area contributed by atoms with E-state index in [1.165, 1.54) is 6.92 Å². The maximum absolute atomic E-state index is 14.0. The van der Waals surface area contributed by atoms with Crippen molar-refractivity contribution in [3.8, 4) is 0 Å². The summed E-state index contributed by atoms with van der Waals surface area (Å²) in [4.78, 5) is 56.3. The lowest BCUT2D eigenvalue weighted by Crippen LogP contribution is -2.61. The summed E-state index contributed by atoms with van der Waals surface area (Å²) in [6, 6.07) is 17.4. The normalized spacial score (nSPS) is 21.5. The van der Waals surface area contributed by atoms with Crippen molar-refractivity contribution in [3.63, 3.8) is 0 Å². The average molecular weight is 570 g/mol. The maximum Gasteiger partial charge on any atom is 0.247 e. The minimum Gasteiger partial charge on any atom is -0.343 e. The number of amides is 4. The summed E-state index contributed by atoms with van der Waals surface area (Å²) in [6.07, 6.45) is 1.77. The zero-order valence-electron chi connectivity index (χ0n) is 23.3. The monoisotopic (exact) mass is 569 g/mol. The molecule has 4 rings (SSSR count). The quantitative estimate of drug-likeness (QED) is 0.452. The first-order chi connectivity index (χ1) is 18.8. The predicted octanol–water partition coefficient (Wildman–Crippen LogP) is 2.27. The molecule has 2 fully saturated rings. The fourth-order valence-electron chi connectivity index (χ4n) is 5.63. The van der Waals surface area contributed by atoms with Gasteiger partial charge in [0.25, 0.3) is 0 Å². The van der Waals surface area contributed by atoms with Gasteiger partial charge in [-0.2, -0.15) is 0 Å². The van der Waals surface area contributed by atoms with Crippen molar-refractivity contribution in [1.82, 2.24) is 25.8 Å². The third-order valence-corrected chi connectivity index (χ3v) is 7.77. The average Bonchev–Trinajstić information content (AvgIpc) is 3.36. The SMILES string of the molecule is CNC[C@@H](C)C(=O)N[C@H]1CN(C(C)=O)CC[C@H]2CC[C@@H](C(=O)NC(c3ccccc3)c3ccccc3)N2C1=O.Cl. The highest BCUT2D eigenvalue weighted by molar-refractivity contribution is 5.94. The lowest BCUT2D eigenvalue weighted by molar-refractivity contribution is -0.147. The van der Waals surface area contributed by atoms with Crippen molar-refractivity contribution in [2.45, 2.75) is 57.3 Å². The maximum atomic E-state index is 14.0. The molecule has 0 bridgehead atoms. The standard InChI is InChI=1S/C30H39N5O4.ClH/c1-20(18-31-3)28(37)32-25-19-34(21(2)36)17-16-24-14-15-26(35(24)30(25)39)29(38)33-27(22-10-6-4-7-11-22)23-12-8-5-9-13-23;/h4-13,20,24-27,31H,14-19H2,1-3H3,(H,32,37)(H,33,38);1H/t20-,24-,25+,26+;/m1./s1. The van der Waals surface area contributed by atoms with Crippen LogP contribution in [0.4, 0.5) is 0 Å². The Balaban J connectivity index is 0.00000441. The molecule has 4 atom stereocenters. The van der Waals surface area contributed by atoms with Crippen LogP contribution in [0.2, 0.25) is 0 Å². The third-order valence-electron chi connectivity index (χ3n) is 7.77. The van der Waals surface area contributed by atoms with Gasteiger partial charge in [-0.05, 0) is 37.4 Å². The summed E-state index contributed by atoms with van der Waals surface area (Å²) in [6.45, 7) is 4.27. The minimum atomic E-state index is -0.920. The summed E-state index contributed by atoms with van der Waals surface area (Å²) in [7, 11) is 1.76. The first kappa shape index (κ1) is 31.1. The van der Waals surface area contributed by atoms with Crippen LogP contribution in [-0.2, 0) is 19.2 Å². The van der Waals surface area contributed by atoms with E-state index in [-0.39, 0.29) is 60.6 Å². The van der Waals surface area contributed by atoms with E-state index < -0.39 is 12.1 Å². The molecule has 3 N–H and O–H groups in total. The van der Waals surface area contributed by atoms with Gasteiger partial charge in [-0.15, -0.1) is 12.4 Å². The summed E-state index contributed by atoms with van der Waals surface area (Å²) >= 11 is 0. The Morgan fingerprint density at radius 3 is 2.10 bits per heavy atom. The van der Waals surface area contributed by atoms with E-state index in [2.05, 4.69) is 16.0 Å². The van der Waals surface area contributed by atoms with Crippen molar-refractivity contribution < 1.29 is 19.2 Å². The van der Waals surface area contributed by atoms with Crippen molar-refractivity contribution >= 4 is 36.0 Å². The molecular formula is C30H40ClN5O4.